The van der Waals surface area contributed by atoms with E-state index in [0.717, 1.165) is 18.5 Å². The molecule has 0 atom stereocenters. The second kappa shape index (κ2) is 7.53. The third-order valence-corrected chi connectivity index (χ3v) is 5.07. The molecule has 21 heavy (non-hydrogen) atoms. The number of rotatable bonds is 8. The molecule has 0 unspecified atom stereocenters. The minimum Gasteiger partial charge on any atom is -0.370 e. The third kappa shape index (κ3) is 4.80. The first-order valence-corrected chi connectivity index (χ1v) is 9.25. The van der Waals surface area contributed by atoms with Gasteiger partial charge in [0.05, 0.1) is 0 Å². The van der Waals surface area contributed by atoms with Gasteiger partial charge in [-0.15, -0.1) is 0 Å². The van der Waals surface area contributed by atoms with Crippen LogP contribution in [0.25, 0.3) is 0 Å². The summed E-state index contributed by atoms with van der Waals surface area (Å²) in [6.07, 6.45) is 3.06. The van der Waals surface area contributed by atoms with E-state index in [1.54, 1.807) is 23.5 Å². The van der Waals surface area contributed by atoms with Crippen molar-refractivity contribution in [1.29, 1.82) is 0 Å². The van der Waals surface area contributed by atoms with Crippen LogP contribution < -0.4 is 10.0 Å². The van der Waals surface area contributed by atoms with Gasteiger partial charge in [-0.25, -0.2) is 18.1 Å². The standard InChI is InChI=1S/C14H19N3O2S2/c1-2-7-15-14-4-3-13(10-16-14)21(18,19)17-8-5-12-6-9-20-11-12/h3-4,6,9-11,17H,2,5,7-8H2,1H3,(H,15,16). The Hall–Kier alpha value is -1.44. The number of nitrogens with zero attached hydrogens (tertiary/aromatic N) is 1. The average Bonchev–Trinajstić information content (AvgIpc) is 2.98. The van der Waals surface area contributed by atoms with Crippen molar-refractivity contribution in [3.63, 3.8) is 0 Å². The summed E-state index contributed by atoms with van der Waals surface area (Å²) >= 11 is 1.61. The molecule has 0 aliphatic rings. The molecule has 0 spiro atoms. The summed E-state index contributed by atoms with van der Waals surface area (Å²) in [5.74, 6) is 0.689. The highest BCUT2D eigenvalue weighted by Crippen LogP contribution is 2.11. The summed E-state index contributed by atoms with van der Waals surface area (Å²) in [7, 11) is -3.49. The van der Waals surface area contributed by atoms with Crippen LogP contribution in [0.4, 0.5) is 5.82 Å². The van der Waals surface area contributed by atoms with Crippen molar-refractivity contribution in [1.82, 2.24) is 9.71 Å². The van der Waals surface area contributed by atoms with Crippen molar-refractivity contribution in [3.8, 4) is 0 Å². The minimum absolute atomic E-state index is 0.190. The maximum Gasteiger partial charge on any atom is 0.242 e. The fourth-order valence-corrected chi connectivity index (χ4v) is 3.42. The highest BCUT2D eigenvalue weighted by molar-refractivity contribution is 7.89. The number of aromatic nitrogens is 1. The zero-order valence-corrected chi connectivity index (χ0v) is 13.5. The molecule has 5 nitrogen and oxygen atoms in total. The van der Waals surface area contributed by atoms with Crippen LogP contribution in [0.5, 0.6) is 0 Å². The SMILES string of the molecule is CCCNc1ccc(S(=O)(=O)NCCc2ccsc2)cn1. The maximum atomic E-state index is 12.1. The highest BCUT2D eigenvalue weighted by Gasteiger charge is 2.13. The van der Waals surface area contributed by atoms with Gasteiger partial charge in [0.1, 0.15) is 10.7 Å². The smallest absolute Gasteiger partial charge is 0.242 e. The van der Waals surface area contributed by atoms with Crippen LogP contribution in [-0.4, -0.2) is 26.5 Å². The summed E-state index contributed by atoms with van der Waals surface area (Å²) in [4.78, 5) is 4.30. The van der Waals surface area contributed by atoms with Crippen LogP contribution >= 0.6 is 11.3 Å². The first-order valence-electron chi connectivity index (χ1n) is 6.82. The van der Waals surface area contributed by atoms with Gasteiger partial charge in [0, 0.05) is 19.3 Å². The summed E-state index contributed by atoms with van der Waals surface area (Å²) in [6, 6.07) is 5.25. The van der Waals surface area contributed by atoms with Crippen LogP contribution in [0.3, 0.4) is 0 Å². The van der Waals surface area contributed by atoms with Crippen LogP contribution in [0.2, 0.25) is 0 Å². The van der Waals surface area contributed by atoms with E-state index in [9.17, 15) is 8.42 Å². The molecule has 0 aromatic carbocycles. The van der Waals surface area contributed by atoms with Gasteiger partial charge >= 0.3 is 0 Å². The van der Waals surface area contributed by atoms with Crippen molar-refractivity contribution < 1.29 is 8.42 Å². The Balaban J connectivity index is 1.92. The van der Waals surface area contributed by atoms with E-state index in [1.807, 2.05) is 16.8 Å². The monoisotopic (exact) mass is 325 g/mol. The number of hydrogen-bond donors (Lipinski definition) is 2. The zero-order valence-electron chi connectivity index (χ0n) is 11.9. The molecule has 0 aliphatic heterocycles. The Labute approximate surface area is 129 Å². The van der Waals surface area contributed by atoms with E-state index in [1.165, 1.54) is 6.20 Å². The van der Waals surface area contributed by atoms with Crippen molar-refractivity contribution in [2.24, 2.45) is 0 Å². The van der Waals surface area contributed by atoms with Gasteiger partial charge in [0.25, 0.3) is 0 Å². The van der Waals surface area contributed by atoms with E-state index in [-0.39, 0.29) is 4.90 Å². The summed E-state index contributed by atoms with van der Waals surface area (Å²) in [5.41, 5.74) is 1.14. The second-order valence-electron chi connectivity index (χ2n) is 4.59. The highest BCUT2D eigenvalue weighted by atomic mass is 32.2. The molecular weight excluding hydrogens is 306 g/mol. The summed E-state index contributed by atoms with van der Waals surface area (Å²) in [5, 5.41) is 7.11. The van der Waals surface area contributed by atoms with Gasteiger partial charge in [-0.1, -0.05) is 6.92 Å². The molecule has 0 radical (unpaired) electrons. The Morgan fingerprint density at radius 1 is 1.24 bits per heavy atom. The van der Waals surface area contributed by atoms with Gasteiger partial charge in [-0.05, 0) is 47.4 Å². The average molecular weight is 325 g/mol. The Morgan fingerprint density at radius 3 is 2.71 bits per heavy atom. The van der Waals surface area contributed by atoms with Crippen molar-refractivity contribution in [2.75, 3.05) is 18.4 Å². The number of hydrogen-bond acceptors (Lipinski definition) is 5. The van der Waals surface area contributed by atoms with E-state index in [0.29, 0.717) is 18.8 Å². The Bertz CT molecular complexity index is 637. The summed E-state index contributed by atoms with van der Waals surface area (Å²) in [6.45, 7) is 3.26. The molecule has 0 saturated carbocycles. The van der Waals surface area contributed by atoms with Crippen LogP contribution in [0.1, 0.15) is 18.9 Å². The third-order valence-electron chi connectivity index (χ3n) is 2.89. The predicted octanol–water partition coefficient (Wildman–Crippen LogP) is 2.49. The normalized spacial score (nSPS) is 11.5. The van der Waals surface area contributed by atoms with E-state index in [4.69, 9.17) is 0 Å². The minimum atomic E-state index is -3.49. The Morgan fingerprint density at radius 2 is 2.10 bits per heavy atom. The largest absolute Gasteiger partial charge is 0.370 e. The first-order chi connectivity index (χ1) is 10.1. The number of anilines is 1. The molecule has 0 fully saturated rings. The number of sulfonamides is 1. The maximum absolute atomic E-state index is 12.1. The number of pyridine rings is 1. The first kappa shape index (κ1) is 15.9. The predicted molar refractivity (Wildman–Crippen MR) is 86.2 cm³/mol. The lowest BCUT2D eigenvalue weighted by Crippen LogP contribution is -2.26. The Kier molecular flexibility index (Phi) is 5.72. The van der Waals surface area contributed by atoms with Gasteiger partial charge < -0.3 is 5.32 Å². The number of nitrogens with one attached hydrogen (secondary N) is 2. The zero-order chi connectivity index (χ0) is 15.1. The van der Waals surface area contributed by atoms with Crippen LogP contribution in [0, 0.1) is 0 Å². The molecule has 114 valence electrons. The van der Waals surface area contributed by atoms with Gasteiger partial charge in [-0.2, -0.15) is 11.3 Å². The number of thiophene rings is 1. The van der Waals surface area contributed by atoms with Crippen molar-refractivity contribution >= 4 is 27.2 Å². The second-order valence-corrected chi connectivity index (χ2v) is 7.13. The molecule has 0 aliphatic carbocycles. The molecule has 7 heteroatoms. The molecule has 2 rings (SSSR count). The van der Waals surface area contributed by atoms with E-state index < -0.39 is 10.0 Å². The van der Waals surface area contributed by atoms with Gasteiger partial charge in [0.2, 0.25) is 10.0 Å². The molecule has 2 N–H and O–H groups in total. The lowest BCUT2D eigenvalue weighted by molar-refractivity contribution is 0.581. The summed E-state index contributed by atoms with van der Waals surface area (Å²) < 4.78 is 26.8. The van der Waals surface area contributed by atoms with Crippen LogP contribution in [0.15, 0.2) is 40.1 Å². The topological polar surface area (TPSA) is 71.1 Å². The van der Waals surface area contributed by atoms with E-state index in [2.05, 4.69) is 21.9 Å². The fraction of sp³-hybridized carbons (Fsp3) is 0.357. The van der Waals surface area contributed by atoms with Crippen LogP contribution in [-0.2, 0) is 16.4 Å². The van der Waals surface area contributed by atoms with Gasteiger partial charge in [0.15, 0.2) is 0 Å². The van der Waals surface area contributed by atoms with Crippen molar-refractivity contribution in [3.05, 3.63) is 40.7 Å². The van der Waals surface area contributed by atoms with Crippen molar-refractivity contribution in [2.45, 2.75) is 24.7 Å². The molecule has 0 bridgehead atoms. The molecular formula is C14H19N3O2S2. The molecule has 0 saturated heterocycles. The fourth-order valence-electron chi connectivity index (χ4n) is 1.74. The lowest BCUT2D eigenvalue weighted by atomic mass is 10.2. The molecule has 2 heterocycles. The lowest BCUT2D eigenvalue weighted by Gasteiger charge is -2.07. The quantitative estimate of drug-likeness (QED) is 0.782. The van der Waals surface area contributed by atoms with Gasteiger partial charge in [-0.3, -0.25) is 0 Å². The molecule has 2 aromatic heterocycles. The molecule has 0 amide bonds. The molecule has 2 aromatic rings. The van der Waals surface area contributed by atoms with E-state index >= 15 is 0 Å².